The van der Waals surface area contributed by atoms with Gasteiger partial charge in [-0.25, -0.2) is 0 Å². The molecule has 1 rings (SSSR count). The molecular weight excluding hydrogens is 242 g/mol. The lowest BCUT2D eigenvalue weighted by atomic mass is 10.1. The first kappa shape index (κ1) is 15.0. The van der Waals surface area contributed by atoms with Crippen LogP contribution in [0.3, 0.4) is 0 Å². The summed E-state index contributed by atoms with van der Waals surface area (Å²) in [6.45, 7) is 5.51. The van der Waals surface area contributed by atoms with Gasteiger partial charge in [0.25, 0.3) is 5.91 Å². The number of amides is 1. The highest BCUT2D eigenvalue weighted by molar-refractivity contribution is 5.96. The molecule has 0 radical (unpaired) electrons. The fourth-order valence-corrected chi connectivity index (χ4v) is 1.52. The SMILES string of the molecule is C=CCCOCCNc1cc(C(=O)NC)ccc1N. The van der Waals surface area contributed by atoms with E-state index in [9.17, 15) is 4.79 Å². The van der Waals surface area contributed by atoms with Crippen LogP contribution in [0.15, 0.2) is 30.9 Å². The third-order valence-electron chi connectivity index (χ3n) is 2.57. The van der Waals surface area contributed by atoms with Gasteiger partial charge in [0.1, 0.15) is 0 Å². The average Bonchev–Trinajstić information content (AvgIpc) is 2.43. The zero-order chi connectivity index (χ0) is 14.1. The number of ether oxygens (including phenoxy) is 1. The summed E-state index contributed by atoms with van der Waals surface area (Å²) < 4.78 is 5.38. The van der Waals surface area contributed by atoms with Gasteiger partial charge in [-0.2, -0.15) is 0 Å². The average molecular weight is 263 g/mol. The zero-order valence-corrected chi connectivity index (χ0v) is 11.2. The number of nitrogens with two attached hydrogens (primary N) is 1. The first-order chi connectivity index (χ1) is 9.19. The van der Waals surface area contributed by atoms with Gasteiger partial charge in [-0.05, 0) is 24.6 Å². The Morgan fingerprint density at radius 1 is 1.47 bits per heavy atom. The molecule has 5 heteroatoms. The summed E-state index contributed by atoms with van der Waals surface area (Å²) in [4.78, 5) is 11.5. The van der Waals surface area contributed by atoms with Gasteiger partial charge >= 0.3 is 0 Å². The minimum Gasteiger partial charge on any atom is -0.397 e. The highest BCUT2D eigenvalue weighted by Gasteiger charge is 2.06. The summed E-state index contributed by atoms with van der Waals surface area (Å²) in [5, 5.41) is 5.73. The number of rotatable bonds is 8. The largest absolute Gasteiger partial charge is 0.397 e. The monoisotopic (exact) mass is 263 g/mol. The van der Waals surface area contributed by atoms with E-state index < -0.39 is 0 Å². The number of benzene rings is 1. The Balaban J connectivity index is 2.48. The van der Waals surface area contributed by atoms with Crippen molar-refractivity contribution in [3.63, 3.8) is 0 Å². The molecule has 0 aromatic heterocycles. The molecule has 0 bridgehead atoms. The van der Waals surface area contributed by atoms with Crippen molar-refractivity contribution >= 4 is 17.3 Å². The Kier molecular flexibility index (Phi) is 6.46. The molecule has 0 aliphatic carbocycles. The second-order valence-electron chi connectivity index (χ2n) is 4.00. The van der Waals surface area contributed by atoms with Crippen LogP contribution < -0.4 is 16.4 Å². The molecule has 0 heterocycles. The molecule has 5 nitrogen and oxygen atoms in total. The Labute approximate surface area is 113 Å². The van der Waals surface area contributed by atoms with Crippen molar-refractivity contribution < 1.29 is 9.53 Å². The Bertz CT molecular complexity index is 433. The number of hydrogen-bond acceptors (Lipinski definition) is 4. The third kappa shape index (κ3) is 5.01. The van der Waals surface area contributed by atoms with Crippen LogP contribution in [0.25, 0.3) is 0 Å². The Morgan fingerprint density at radius 3 is 2.95 bits per heavy atom. The molecule has 104 valence electrons. The summed E-state index contributed by atoms with van der Waals surface area (Å²) >= 11 is 0. The Hall–Kier alpha value is -2.01. The maximum atomic E-state index is 11.5. The highest BCUT2D eigenvalue weighted by atomic mass is 16.5. The molecule has 19 heavy (non-hydrogen) atoms. The van der Waals surface area contributed by atoms with Crippen LogP contribution in [0.2, 0.25) is 0 Å². The van der Waals surface area contributed by atoms with E-state index in [0.717, 1.165) is 12.1 Å². The molecular formula is C14H21N3O2. The van der Waals surface area contributed by atoms with Crippen LogP contribution >= 0.6 is 0 Å². The van der Waals surface area contributed by atoms with E-state index in [1.54, 1.807) is 25.2 Å². The first-order valence-electron chi connectivity index (χ1n) is 6.23. The molecule has 0 spiro atoms. The third-order valence-corrected chi connectivity index (χ3v) is 2.57. The predicted octanol–water partition coefficient (Wildman–Crippen LogP) is 1.63. The van der Waals surface area contributed by atoms with Gasteiger partial charge in [0.2, 0.25) is 0 Å². The Morgan fingerprint density at radius 2 is 2.26 bits per heavy atom. The van der Waals surface area contributed by atoms with Gasteiger partial charge in [-0.15, -0.1) is 6.58 Å². The number of carbonyl (C=O) groups excluding carboxylic acids is 1. The van der Waals surface area contributed by atoms with E-state index in [4.69, 9.17) is 10.5 Å². The number of anilines is 2. The number of carbonyl (C=O) groups is 1. The van der Waals surface area contributed by atoms with Crippen LogP contribution in [0, 0.1) is 0 Å². The van der Waals surface area contributed by atoms with E-state index in [1.165, 1.54) is 0 Å². The maximum Gasteiger partial charge on any atom is 0.251 e. The summed E-state index contributed by atoms with van der Waals surface area (Å²) in [5.41, 5.74) is 7.77. The summed E-state index contributed by atoms with van der Waals surface area (Å²) in [7, 11) is 1.60. The van der Waals surface area contributed by atoms with E-state index in [2.05, 4.69) is 17.2 Å². The molecule has 0 saturated carbocycles. The van der Waals surface area contributed by atoms with Gasteiger partial charge in [-0.3, -0.25) is 4.79 Å². The number of hydrogen-bond donors (Lipinski definition) is 3. The lowest BCUT2D eigenvalue weighted by Crippen LogP contribution is -2.18. The number of nitrogen functional groups attached to an aromatic ring is 1. The molecule has 0 atom stereocenters. The minimum atomic E-state index is -0.134. The van der Waals surface area contributed by atoms with Crippen LogP contribution in [-0.2, 0) is 4.74 Å². The van der Waals surface area contributed by atoms with Gasteiger partial charge in [0, 0.05) is 19.2 Å². The lowest BCUT2D eigenvalue weighted by Gasteiger charge is -2.11. The van der Waals surface area contributed by atoms with Gasteiger partial charge < -0.3 is 21.1 Å². The molecule has 0 aliphatic rings. The smallest absolute Gasteiger partial charge is 0.251 e. The van der Waals surface area contributed by atoms with E-state index in [1.807, 2.05) is 6.08 Å². The molecule has 1 aromatic rings. The van der Waals surface area contributed by atoms with Gasteiger partial charge in [0.05, 0.1) is 24.6 Å². The molecule has 0 unspecified atom stereocenters. The summed E-state index contributed by atoms with van der Waals surface area (Å²) in [6, 6.07) is 5.14. The standard InChI is InChI=1S/C14H21N3O2/c1-3-4-8-19-9-7-17-13-10-11(14(18)16-2)5-6-12(13)15/h3,5-6,10,17H,1,4,7-9,15H2,2H3,(H,16,18). The van der Waals surface area contributed by atoms with Crippen LogP contribution in [0.1, 0.15) is 16.8 Å². The molecule has 0 aliphatic heterocycles. The van der Waals surface area contributed by atoms with Gasteiger partial charge in [-0.1, -0.05) is 6.08 Å². The van der Waals surface area contributed by atoms with Crippen molar-refractivity contribution in [2.24, 2.45) is 0 Å². The van der Waals surface area contributed by atoms with Crippen molar-refractivity contribution in [3.8, 4) is 0 Å². The van der Waals surface area contributed by atoms with Crippen LogP contribution in [0.4, 0.5) is 11.4 Å². The lowest BCUT2D eigenvalue weighted by molar-refractivity contribution is 0.0963. The van der Waals surface area contributed by atoms with Crippen molar-refractivity contribution in [3.05, 3.63) is 36.4 Å². The van der Waals surface area contributed by atoms with Crippen molar-refractivity contribution in [2.45, 2.75) is 6.42 Å². The molecule has 1 aromatic carbocycles. The fraction of sp³-hybridized carbons (Fsp3) is 0.357. The van der Waals surface area contributed by atoms with Crippen molar-refractivity contribution in [1.82, 2.24) is 5.32 Å². The van der Waals surface area contributed by atoms with Gasteiger partial charge in [0.15, 0.2) is 0 Å². The first-order valence-corrected chi connectivity index (χ1v) is 6.23. The zero-order valence-electron chi connectivity index (χ0n) is 11.2. The number of nitrogens with one attached hydrogen (secondary N) is 2. The molecule has 0 saturated heterocycles. The topological polar surface area (TPSA) is 76.4 Å². The highest BCUT2D eigenvalue weighted by Crippen LogP contribution is 2.19. The minimum absolute atomic E-state index is 0.134. The molecule has 4 N–H and O–H groups in total. The van der Waals surface area contributed by atoms with E-state index >= 15 is 0 Å². The summed E-state index contributed by atoms with van der Waals surface area (Å²) in [6.07, 6.45) is 2.66. The normalized spacial score (nSPS) is 9.95. The molecule has 1 amide bonds. The quantitative estimate of drug-likeness (QED) is 0.378. The van der Waals surface area contributed by atoms with Crippen LogP contribution in [-0.4, -0.2) is 32.7 Å². The van der Waals surface area contributed by atoms with E-state index in [0.29, 0.717) is 31.0 Å². The summed E-state index contributed by atoms with van der Waals surface area (Å²) in [5.74, 6) is -0.134. The van der Waals surface area contributed by atoms with Crippen molar-refractivity contribution in [1.29, 1.82) is 0 Å². The second kappa shape index (κ2) is 8.16. The molecule has 0 fully saturated rings. The fourth-order valence-electron chi connectivity index (χ4n) is 1.52. The van der Waals surface area contributed by atoms with E-state index in [-0.39, 0.29) is 5.91 Å². The van der Waals surface area contributed by atoms with Crippen molar-refractivity contribution in [2.75, 3.05) is 37.9 Å². The maximum absolute atomic E-state index is 11.5. The second-order valence-corrected chi connectivity index (χ2v) is 4.00. The predicted molar refractivity (Wildman–Crippen MR) is 78.4 cm³/mol. The van der Waals surface area contributed by atoms with Crippen LogP contribution in [0.5, 0.6) is 0 Å².